The van der Waals surface area contributed by atoms with Crippen LogP contribution in [0, 0.1) is 0 Å². The van der Waals surface area contributed by atoms with E-state index < -0.39 is 0 Å². The molecular formula is C11H10O3. The predicted molar refractivity (Wildman–Crippen MR) is 52.3 cm³/mol. The van der Waals surface area contributed by atoms with Crippen molar-refractivity contribution in [3.63, 3.8) is 0 Å². The lowest BCUT2D eigenvalue weighted by atomic mass is 10.2. The zero-order chi connectivity index (χ0) is 9.97. The van der Waals surface area contributed by atoms with E-state index in [4.69, 9.17) is 9.47 Å². The fourth-order valence-corrected chi connectivity index (χ4v) is 1.23. The molecule has 1 aromatic carbocycles. The van der Waals surface area contributed by atoms with E-state index >= 15 is 0 Å². The third-order valence-corrected chi connectivity index (χ3v) is 1.91. The summed E-state index contributed by atoms with van der Waals surface area (Å²) in [5.74, 6) is 1.52. The van der Waals surface area contributed by atoms with Crippen molar-refractivity contribution in [2.45, 2.75) is 6.92 Å². The van der Waals surface area contributed by atoms with Gasteiger partial charge in [0.1, 0.15) is 0 Å². The molecule has 0 radical (unpaired) electrons. The van der Waals surface area contributed by atoms with Crippen LogP contribution >= 0.6 is 0 Å². The number of fused-ring (bicyclic) bond motifs is 1. The zero-order valence-corrected chi connectivity index (χ0v) is 7.82. The third-order valence-electron chi connectivity index (χ3n) is 1.91. The van der Waals surface area contributed by atoms with E-state index in [0.29, 0.717) is 0 Å². The number of hydrogen-bond acceptors (Lipinski definition) is 3. The molecule has 72 valence electrons. The molecule has 0 fully saturated rings. The van der Waals surface area contributed by atoms with E-state index in [0.717, 1.165) is 17.1 Å². The number of hydrogen-bond donors (Lipinski definition) is 0. The molecule has 0 atom stereocenters. The van der Waals surface area contributed by atoms with Gasteiger partial charge in [-0.15, -0.1) is 0 Å². The summed E-state index contributed by atoms with van der Waals surface area (Å²) in [6.07, 6.45) is 3.28. The summed E-state index contributed by atoms with van der Waals surface area (Å²) in [5, 5.41) is 0. The molecule has 1 aliphatic heterocycles. The summed E-state index contributed by atoms with van der Waals surface area (Å²) in [7, 11) is 0. The fourth-order valence-electron chi connectivity index (χ4n) is 1.23. The van der Waals surface area contributed by atoms with E-state index in [1.54, 1.807) is 6.08 Å². The Balaban J connectivity index is 2.25. The minimum Gasteiger partial charge on any atom is -0.454 e. The summed E-state index contributed by atoms with van der Waals surface area (Å²) in [6, 6.07) is 5.57. The first-order valence-corrected chi connectivity index (χ1v) is 4.34. The SMILES string of the molecule is CC(=O)/C=C\c1ccc2c(c1)OCO2. The Morgan fingerprint density at radius 3 is 2.93 bits per heavy atom. The van der Waals surface area contributed by atoms with Crippen molar-refractivity contribution in [3.05, 3.63) is 29.8 Å². The Morgan fingerprint density at radius 1 is 1.36 bits per heavy atom. The van der Waals surface area contributed by atoms with Gasteiger partial charge in [0, 0.05) is 0 Å². The monoisotopic (exact) mass is 190 g/mol. The molecule has 0 aliphatic carbocycles. The highest BCUT2D eigenvalue weighted by molar-refractivity contribution is 5.91. The summed E-state index contributed by atoms with van der Waals surface area (Å²) >= 11 is 0. The van der Waals surface area contributed by atoms with Crippen LogP contribution in [0.1, 0.15) is 12.5 Å². The molecule has 0 saturated carbocycles. The van der Waals surface area contributed by atoms with Crippen LogP contribution in [0.5, 0.6) is 11.5 Å². The van der Waals surface area contributed by atoms with Crippen LogP contribution in [0.15, 0.2) is 24.3 Å². The minimum atomic E-state index is 0.0302. The quantitative estimate of drug-likeness (QED) is 0.669. The minimum absolute atomic E-state index is 0.0302. The topological polar surface area (TPSA) is 35.5 Å². The summed E-state index contributed by atoms with van der Waals surface area (Å²) in [4.78, 5) is 10.7. The molecule has 0 unspecified atom stereocenters. The van der Waals surface area contributed by atoms with Crippen LogP contribution in [0.4, 0.5) is 0 Å². The summed E-state index contributed by atoms with van der Waals surface area (Å²) in [5.41, 5.74) is 0.935. The normalized spacial score (nSPS) is 13.5. The van der Waals surface area contributed by atoms with Gasteiger partial charge in [0.15, 0.2) is 17.3 Å². The Labute approximate surface area is 81.9 Å². The molecule has 1 aliphatic rings. The van der Waals surface area contributed by atoms with E-state index in [-0.39, 0.29) is 12.6 Å². The number of ketones is 1. The molecule has 0 amide bonds. The lowest BCUT2D eigenvalue weighted by Crippen LogP contribution is -1.92. The van der Waals surface area contributed by atoms with Crippen molar-refractivity contribution in [2.75, 3.05) is 6.79 Å². The predicted octanol–water partition coefficient (Wildman–Crippen LogP) is 2.02. The largest absolute Gasteiger partial charge is 0.454 e. The number of rotatable bonds is 2. The molecule has 0 aromatic heterocycles. The summed E-state index contributed by atoms with van der Waals surface area (Å²) in [6.45, 7) is 1.79. The van der Waals surface area contributed by atoms with E-state index in [1.807, 2.05) is 18.2 Å². The van der Waals surface area contributed by atoms with Gasteiger partial charge in [-0.05, 0) is 30.7 Å². The van der Waals surface area contributed by atoms with Gasteiger partial charge in [0.25, 0.3) is 0 Å². The van der Waals surface area contributed by atoms with Gasteiger partial charge in [-0.1, -0.05) is 12.1 Å². The number of carbonyl (C=O) groups is 1. The van der Waals surface area contributed by atoms with Gasteiger partial charge in [0.05, 0.1) is 0 Å². The van der Waals surface area contributed by atoms with Gasteiger partial charge in [-0.3, -0.25) is 4.79 Å². The molecule has 3 nitrogen and oxygen atoms in total. The smallest absolute Gasteiger partial charge is 0.231 e. The van der Waals surface area contributed by atoms with Gasteiger partial charge in [-0.25, -0.2) is 0 Å². The molecule has 0 saturated heterocycles. The van der Waals surface area contributed by atoms with Crippen molar-refractivity contribution in [3.8, 4) is 11.5 Å². The molecule has 0 spiro atoms. The van der Waals surface area contributed by atoms with Crippen LogP contribution in [0.25, 0.3) is 6.08 Å². The Morgan fingerprint density at radius 2 is 2.14 bits per heavy atom. The first-order chi connectivity index (χ1) is 6.75. The van der Waals surface area contributed by atoms with Crippen molar-refractivity contribution >= 4 is 11.9 Å². The molecule has 1 heterocycles. The summed E-state index contributed by atoms with van der Waals surface area (Å²) < 4.78 is 10.4. The van der Waals surface area contributed by atoms with E-state index in [9.17, 15) is 4.79 Å². The number of benzene rings is 1. The highest BCUT2D eigenvalue weighted by Crippen LogP contribution is 2.32. The van der Waals surface area contributed by atoms with Gasteiger partial charge in [-0.2, -0.15) is 0 Å². The Hall–Kier alpha value is -1.77. The maximum Gasteiger partial charge on any atom is 0.231 e. The van der Waals surface area contributed by atoms with Gasteiger partial charge >= 0.3 is 0 Å². The van der Waals surface area contributed by atoms with E-state index in [2.05, 4.69) is 0 Å². The maximum absolute atomic E-state index is 10.7. The van der Waals surface area contributed by atoms with E-state index in [1.165, 1.54) is 13.0 Å². The fraction of sp³-hybridized carbons (Fsp3) is 0.182. The standard InChI is InChI=1S/C11H10O3/c1-8(12)2-3-9-4-5-10-11(6-9)14-7-13-10/h2-6H,7H2,1H3/b3-2-. The average molecular weight is 190 g/mol. The van der Waals surface area contributed by atoms with Gasteiger partial charge in [0.2, 0.25) is 6.79 Å². The molecule has 0 bridgehead atoms. The second-order valence-electron chi connectivity index (χ2n) is 3.06. The van der Waals surface area contributed by atoms with Crippen molar-refractivity contribution in [1.82, 2.24) is 0 Å². The second kappa shape index (κ2) is 3.54. The Bertz CT molecular complexity index is 394. The van der Waals surface area contributed by atoms with Gasteiger partial charge < -0.3 is 9.47 Å². The van der Waals surface area contributed by atoms with Crippen molar-refractivity contribution in [1.29, 1.82) is 0 Å². The van der Waals surface area contributed by atoms with Crippen LogP contribution in [0.2, 0.25) is 0 Å². The highest BCUT2D eigenvalue weighted by atomic mass is 16.7. The molecule has 1 aromatic rings. The number of ether oxygens (including phenoxy) is 2. The van der Waals surface area contributed by atoms with Crippen LogP contribution in [-0.2, 0) is 4.79 Å². The van der Waals surface area contributed by atoms with Crippen molar-refractivity contribution < 1.29 is 14.3 Å². The molecule has 0 N–H and O–H groups in total. The van der Waals surface area contributed by atoms with Crippen molar-refractivity contribution in [2.24, 2.45) is 0 Å². The second-order valence-corrected chi connectivity index (χ2v) is 3.06. The highest BCUT2D eigenvalue weighted by Gasteiger charge is 2.11. The molecule has 14 heavy (non-hydrogen) atoms. The average Bonchev–Trinajstić information content (AvgIpc) is 2.61. The number of allylic oxidation sites excluding steroid dienone is 1. The molecule has 3 heteroatoms. The lowest BCUT2D eigenvalue weighted by Gasteiger charge is -1.96. The first-order valence-electron chi connectivity index (χ1n) is 4.34. The number of carbonyl (C=O) groups excluding carboxylic acids is 1. The first kappa shape index (κ1) is 8.81. The molecule has 2 rings (SSSR count). The zero-order valence-electron chi connectivity index (χ0n) is 7.82. The van der Waals surface area contributed by atoms with Crippen LogP contribution < -0.4 is 9.47 Å². The Kier molecular flexibility index (Phi) is 2.23. The third kappa shape index (κ3) is 1.76. The lowest BCUT2D eigenvalue weighted by molar-refractivity contribution is -0.112. The van der Waals surface area contributed by atoms with Crippen LogP contribution in [0.3, 0.4) is 0 Å². The van der Waals surface area contributed by atoms with Crippen LogP contribution in [-0.4, -0.2) is 12.6 Å². The molecular weight excluding hydrogens is 180 g/mol. The maximum atomic E-state index is 10.7.